The second-order valence-electron chi connectivity index (χ2n) is 5.10. The third kappa shape index (κ3) is 3.56. The van der Waals surface area contributed by atoms with E-state index in [-0.39, 0.29) is 23.9 Å². The maximum Gasteiger partial charge on any atom is 0.387 e. The Morgan fingerprint density at radius 2 is 1.89 bits per heavy atom. The van der Waals surface area contributed by atoms with Crippen molar-refractivity contribution in [3.63, 3.8) is 0 Å². The van der Waals surface area contributed by atoms with Crippen LogP contribution in [0.15, 0.2) is 18.2 Å². The van der Waals surface area contributed by atoms with E-state index in [2.05, 4.69) is 4.74 Å². The third-order valence-corrected chi connectivity index (χ3v) is 3.21. The van der Waals surface area contributed by atoms with E-state index < -0.39 is 6.61 Å². The number of aliphatic hydroxyl groups excluding tert-OH is 1. The zero-order valence-corrected chi connectivity index (χ0v) is 11.0. The molecule has 0 aliphatic heterocycles. The fraction of sp³-hybridized carbons (Fsp3) is 0.571. The topological polar surface area (TPSA) is 38.7 Å². The van der Waals surface area contributed by atoms with Crippen molar-refractivity contribution in [2.75, 3.05) is 0 Å². The summed E-state index contributed by atoms with van der Waals surface area (Å²) in [4.78, 5) is 0. The smallest absolute Gasteiger partial charge is 0.387 e. The SMILES string of the molecule is CC(C)c1ccc(OC2CC(O)C2)c(OC(F)F)c1. The van der Waals surface area contributed by atoms with E-state index in [1.165, 1.54) is 0 Å². The Kier molecular flexibility index (Phi) is 4.24. The highest BCUT2D eigenvalue weighted by atomic mass is 19.3. The van der Waals surface area contributed by atoms with Crippen molar-refractivity contribution in [2.24, 2.45) is 0 Å². The van der Waals surface area contributed by atoms with Gasteiger partial charge in [-0.1, -0.05) is 19.9 Å². The number of hydrogen-bond donors (Lipinski definition) is 1. The minimum absolute atomic E-state index is 0.0580. The highest BCUT2D eigenvalue weighted by Crippen LogP contribution is 2.35. The van der Waals surface area contributed by atoms with Gasteiger partial charge >= 0.3 is 6.61 Å². The van der Waals surface area contributed by atoms with Gasteiger partial charge in [-0.2, -0.15) is 8.78 Å². The Labute approximate surface area is 111 Å². The Morgan fingerprint density at radius 1 is 1.21 bits per heavy atom. The molecule has 5 heteroatoms. The molecular formula is C14H18F2O3. The molecule has 1 fully saturated rings. The molecule has 1 aliphatic carbocycles. The van der Waals surface area contributed by atoms with Crippen molar-refractivity contribution >= 4 is 0 Å². The summed E-state index contributed by atoms with van der Waals surface area (Å²) in [7, 11) is 0. The van der Waals surface area contributed by atoms with Crippen molar-refractivity contribution in [2.45, 2.75) is 51.4 Å². The molecule has 0 unspecified atom stereocenters. The highest BCUT2D eigenvalue weighted by Gasteiger charge is 2.30. The minimum atomic E-state index is -2.88. The van der Waals surface area contributed by atoms with Gasteiger partial charge in [0.15, 0.2) is 11.5 Å². The summed E-state index contributed by atoms with van der Waals surface area (Å²) in [6.07, 6.45) is 0.583. The number of ether oxygens (including phenoxy) is 2. The van der Waals surface area contributed by atoms with Crippen LogP contribution in [0.5, 0.6) is 11.5 Å². The maximum absolute atomic E-state index is 12.4. The van der Waals surface area contributed by atoms with Crippen LogP contribution in [0.4, 0.5) is 8.78 Å². The molecular weight excluding hydrogens is 254 g/mol. The molecule has 0 radical (unpaired) electrons. The van der Waals surface area contributed by atoms with Gasteiger partial charge in [0.1, 0.15) is 6.10 Å². The number of hydrogen-bond acceptors (Lipinski definition) is 3. The zero-order chi connectivity index (χ0) is 14.0. The van der Waals surface area contributed by atoms with Crippen molar-refractivity contribution in [1.29, 1.82) is 0 Å². The summed E-state index contributed by atoms with van der Waals surface area (Å²) >= 11 is 0. The molecule has 0 bridgehead atoms. The predicted molar refractivity (Wildman–Crippen MR) is 66.8 cm³/mol. The molecule has 2 rings (SSSR count). The van der Waals surface area contributed by atoms with Gasteiger partial charge in [-0.3, -0.25) is 0 Å². The highest BCUT2D eigenvalue weighted by molar-refractivity contribution is 5.44. The van der Waals surface area contributed by atoms with Crippen LogP contribution in [-0.4, -0.2) is 23.9 Å². The number of benzene rings is 1. The van der Waals surface area contributed by atoms with Crippen molar-refractivity contribution in [1.82, 2.24) is 0 Å². The van der Waals surface area contributed by atoms with Crippen molar-refractivity contribution < 1.29 is 23.4 Å². The fourth-order valence-corrected chi connectivity index (χ4v) is 1.98. The van der Waals surface area contributed by atoms with E-state index in [0.29, 0.717) is 18.6 Å². The monoisotopic (exact) mass is 272 g/mol. The Bertz CT molecular complexity index is 429. The second kappa shape index (κ2) is 5.74. The lowest BCUT2D eigenvalue weighted by Gasteiger charge is -2.32. The fourth-order valence-electron chi connectivity index (χ4n) is 1.98. The summed E-state index contributed by atoms with van der Waals surface area (Å²) in [5.41, 5.74) is 0.914. The number of aliphatic hydroxyl groups is 1. The molecule has 0 aromatic heterocycles. The van der Waals surface area contributed by atoms with Gasteiger partial charge in [-0.05, 0) is 23.6 Å². The number of rotatable bonds is 5. The van der Waals surface area contributed by atoms with E-state index in [9.17, 15) is 13.9 Å². The van der Waals surface area contributed by atoms with Gasteiger partial charge in [0.25, 0.3) is 0 Å². The van der Waals surface area contributed by atoms with E-state index in [0.717, 1.165) is 5.56 Å². The minimum Gasteiger partial charge on any atom is -0.486 e. The summed E-state index contributed by atoms with van der Waals surface area (Å²) in [5, 5.41) is 9.20. The van der Waals surface area contributed by atoms with Gasteiger partial charge in [-0.15, -0.1) is 0 Å². The van der Waals surface area contributed by atoms with Gasteiger partial charge in [0.2, 0.25) is 0 Å². The van der Waals surface area contributed by atoms with E-state index >= 15 is 0 Å². The normalized spacial score (nSPS) is 22.5. The standard InChI is InChI=1S/C14H18F2O3/c1-8(2)9-3-4-12(13(5-9)19-14(15)16)18-11-6-10(17)7-11/h3-5,8,10-11,14,17H,6-7H2,1-2H3. The molecule has 1 aromatic carbocycles. The molecule has 3 nitrogen and oxygen atoms in total. The second-order valence-corrected chi connectivity index (χ2v) is 5.10. The van der Waals surface area contributed by atoms with Gasteiger partial charge in [0, 0.05) is 12.8 Å². The van der Waals surface area contributed by atoms with E-state index in [4.69, 9.17) is 4.74 Å². The van der Waals surface area contributed by atoms with Crippen molar-refractivity contribution in [3.8, 4) is 11.5 Å². The van der Waals surface area contributed by atoms with Crippen LogP contribution in [0.25, 0.3) is 0 Å². The molecule has 0 saturated heterocycles. The molecule has 106 valence electrons. The summed E-state index contributed by atoms with van der Waals surface area (Å²) < 4.78 is 34.9. The quantitative estimate of drug-likeness (QED) is 0.893. The number of alkyl halides is 2. The van der Waals surface area contributed by atoms with Crippen LogP contribution in [0.1, 0.15) is 38.2 Å². The zero-order valence-electron chi connectivity index (χ0n) is 11.0. The first-order chi connectivity index (χ1) is 8.95. The third-order valence-electron chi connectivity index (χ3n) is 3.21. The van der Waals surface area contributed by atoms with Crippen LogP contribution < -0.4 is 9.47 Å². The molecule has 0 atom stereocenters. The lowest BCUT2D eigenvalue weighted by Crippen LogP contribution is -2.37. The maximum atomic E-state index is 12.4. The molecule has 0 spiro atoms. The molecule has 19 heavy (non-hydrogen) atoms. The molecule has 0 amide bonds. The largest absolute Gasteiger partial charge is 0.486 e. The molecule has 1 N–H and O–H groups in total. The Morgan fingerprint density at radius 3 is 2.42 bits per heavy atom. The Balaban J connectivity index is 2.15. The van der Waals surface area contributed by atoms with Crippen molar-refractivity contribution in [3.05, 3.63) is 23.8 Å². The predicted octanol–water partition coefficient (Wildman–Crippen LogP) is 3.31. The van der Waals surface area contributed by atoms with E-state index in [1.807, 2.05) is 19.9 Å². The van der Waals surface area contributed by atoms with Gasteiger partial charge < -0.3 is 14.6 Å². The molecule has 1 saturated carbocycles. The lowest BCUT2D eigenvalue weighted by atomic mass is 9.92. The lowest BCUT2D eigenvalue weighted by molar-refractivity contribution is -0.0559. The van der Waals surface area contributed by atoms with Gasteiger partial charge in [0.05, 0.1) is 6.10 Å². The first-order valence-electron chi connectivity index (χ1n) is 6.39. The van der Waals surface area contributed by atoms with Gasteiger partial charge in [-0.25, -0.2) is 0 Å². The van der Waals surface area contributed by atoms with Crippen LogP contribution in [0.2, 0.25) is 0 Å². The van der Waals surface area contributed by atoms with Crippen LogP contribution in [0, 0.1) is 0 Å². The average Bonchev–Trinajstić information content (AvgIpc) is 2.28. The summed E-state index contributed by atoms with van der Waals surface area (Å²) in [6.45, 7) is 1.07. The average molecular weight is 272 g/mol. The molecule has 1 aliphatic rings. The molecule has 0 heterocycles. The summed E-state index contributed by atoms with van der Waals surface area (Å²) in [6, 6.07) is 5.08. The van der Waals surface area contributed by atoms with E-state index in [1.54, 1.807) is 12.1 Å². The summed E-state index contributed by atoms with van der Waals surface area (Å²) in [5.74, 6) is 0.587. The first kappa shape index (κ1) is 14.1. The van der Waals surface area contributed by atoms with Crippen LogP contribution in [-0.2, 0) is 0 Å². The van der Waals surface area contributed by atoms with Crippen LogP contribution >= 0.6 is 0 Å². The van der Waals surface area contributed by atoms with Crippen LogP contribution in [0.3, 0.4) is 0 Å². The molecule has 1 aromatic rings. The first-order valence-corrected chi connectivity index (χ1v) is 6.39. The number of halogens is 2. The Hall–Kier alpha value is -1.36.